The molecule has 1 atom stereocenters. The molecule has 0 heterocycles. The lowest BCUT2D eigenvalue weighted by Gasteiger charge is -2.17. The first-order chi connectivity index (χ1) is 10.5. The Bertz CT molecular complexity index is 675. The Labute approximate surface area is 137 Å². The van der Waals surface area contributed by atoms with Gasteiger partial charge in [0.25, 0.3) is 5.91 Å². The Morgan fingerprint density at radius 2 is 2.05 bits per heavy atom. The van der Waals surface area contributed by atoms with E-state index < -0.39 is 17.8 Å². The third-order valence-corrected chi connectivity index (χ3v) is 3.71. The topological polar surface area (TPSA) is 38.3 Å². The number of aryl methyl sites for hydroxylation is 1. The third-order valence-electron chi connectivity index (χ3n) is 3.22. The summed E-state index contributed by atoms with van der Waals surface area (Å²) in [5.74, 6) is -0.222. The minimum absolute atomic E-state index is 0.132. The molecule has 0 saturated carbocycles. The van der Waals surface area contributed by atoms with Crippen LogP contribution in [0.1, 0.15) is 19.4 Å². The molecule has 2 aromatic rings. The Morgan fingerprint density at radius 3 is 2.73 bits per heavy atom. The second-order valence-corrected chi connectivity index (χ2v) is 5.75. The predicted molar refractivity (Wildman–Crippen MR) is 88.6 cm³/mol. The zero-order valence-electron chi connectivity index (χ0n) is 12.4. The van der Waals surface area contributed by atoms with Gasteiger partial charge in [0.2, 0.25) is 0 Å². The van der Waals surface area contributed by atoms with Gasteiger partial charge in [-0.15, -0.1) is 0 Å². The first kappa shape index (κ1) is 16.5. The molecule has 0 aliphatic heterocycles. The van der Waals surface area contributed by atoms with Crippen molar-refractivity contribution >= 4 is 27.5 Å². The molecule has 0 spiro atoms. The molecule has 0 fully saturated rings. The molecule has 0 saturated heterocycles. The second-order valence-electron chi connectivity index (χ2n) is 4.83. The van der Waals surface area contributed by atoms with Crippen LogP contribution in [0.15, 0.2) is 46.9 Å². The number of para-hydroxylation sites is 1. The molecule has 2 rings (SSSR count). The summed E-state index contributed by atoms with van der Waals surface area (Å²) >= 11 is 3.17. The van der Waals surface area contributed by atoms with Gasteiger partial charge < -0.3 is 10.1 Å². The number of ether oxygens (including phenoxy) is 1. The molecule has 5 heteroatoms. The summed E-state index contributed by atoms with van der Waals surface area (Å²) in [6.45, 7) is 3.66. The van der Waals surface area contributed by atoms with E-state index in [0.717, 1.165) is 12.0 Å². The van der Waals surface area contributed by atoms with Crippen LogP contribution in [0.25, 0.3) is 0 Å². The van der Waals surface area contributed by atoms with E-state index in [-0.39, 0.29) is 5.69 Å². The van der Waals surface area contributed by atoms with Gasteiger partial charge in [-0.25, -0.2) is 4.39 Å². The number of anilines is 1. The number of halogens is 2. The number of amides is 1. The lowest BCUT2D eigenvalue weighted by Crippen LogP contribution is -2.30. The van der Waals surface area contributed by atoms with Crippen molar-refractivity contribution in [2.75, 3.05) is 5.32 Å². The molecule has 2 aromatic carbocycles. The Morgan fingerprint density at radius 1 is 1.32 bits per heavy atom. The van der Waals surface area contributed by atoms with Crippen LogP contribution in [0.2, 0.25) is 0 Å². The summed E-state index contributed by atoms with van der Waals surface area (Å²) in [5.41, 5.74) is 1.16. The minimum atomic E-state index is -0.726. The summed E-state index contributed by atoms with van der Waals surface area (Å²) in [4.78, 5) is 12.1. The van der Waals surface area contributed by atoms with Crippen LogP contribution >= 0.6 is 15.9 Å². The number of carbonyl (C=O) groups is 1. The zero-order valence-corrected chi connectivity index (χ0v) is 14.0. The van der Waals surface area contributed by atoms with Crippen LogP contribution in [0.4, 0.5) is 10.1 Å². The monoisotopic (exact) mass is 365 g/mol. The van der Waals surface area contributed by atoms with Gasteiger partial charge in [-0.05, 0) is 43.2 Å². The number of benzene rings is 2. The van der Waals surface area contributed by atoms with E-state index in [2.05, 4.69) is 21.2 Å². The van der Waals surface area contributed by atoms with Gasteiger partial charge in [0.15, 0.2) is 6.10 Å². The first-order valence-electron chi connectivity index (χ1n) is 7.01. The molecule has 3 nitrogen and oxygen atoms in total. The second kappa shape index (κ2) is 7.40. The fourth-order valence-corrected chi connectivity index (χ4v) is 2.31. The molecule has 0 bridgehead atoms. The maximum Gasteiger partial charge on any atom is 0.265 e. The van der Waals surface area contributed by atoms with Crippen LogP contribution in [0, 0.1) is 5.82 Å². The fraction of sp³-hybridized carbons (Fsp3) is 0.235. The molecule has 116 valence electrons. The molecule has 22 heavy (non-hydrogen) atoms. The number of rotatable bonds is 5. The first-order valence-corrected chi connectivity index (χ1v) is 7.81. The van der Waals surface area contributed by atoms with Gasteiger partial charge in [0.05, 0.1) is 5.69 Å². The summed E-state index contributed by atoms with van der Waals surface area (Å²) in [6.07, 6.45) is 0.0852. The molecule has 1 N–H and O–H groups in total. The van der Waals surface area contributed by atoms with Gasteiger partial charge in [-0.3, -0.25) is 4.79 Å². The van der Waals surface area contributed by atoms with Crippen molar-refractivity contribution in [2.45, 2.75) is 26.4 Å². The van der Waals surface area contributed by atoms with Gasteiger partial charge >= 0.3 is 0 Å². The SMILES string of the molecule is CCc1ccccc1O[C@H](C)C(=O)Nc1ccc(Br)cc1F. The summed E-state index contributed by atoms with van der Waals surface area (Å²) in [7, 11) is 0. The van der Waals surface area contributed by atoms with E-state index in [9.17, 15) is 9.18 Å². The number of hydrogen-bond donors (Lipinski definition) is 1. The molecule has 1 amide bonds. The van der Waals surface area contributed by atoms with Crippen LogP contribution in [-0.4, -0.2) is 12.0 Å². The van der Waals surface area contributed by atoms with Crippen molar-refractivity contribution in [3.63, 3.8) is 0 Å². The van der Waals surface area contributed by atoms with E-state index >= 15 is 0 Å². The van der Waals surface area contributed by atoms with Crippen LogP contribution in [0.3, 0.4) is 0 Å². The van der Waals surface area contributed by atoms with Gasteiger partial charge in [0.1, 0.15) is 11.6 Å². The van der Waals surface area contributed by atoms with E-state index in [1.807, 2.05) is 31.2 Å². The summed E-state index contributed by atoms with van der Waals surface area (Å²) < 4.78 is 20.0. The van der Waals surface area contributed by atoms with Crippen LogP contribution in [0.5, 0.6) is 5.75 Å². The van der Waals surface area contributed by atoms with Crippen molar-refractivity contribution in [3.05, 3.63) is 58.3 Å². The number of carbonyl (C=O) groups excluding carboxylic acids is 1. The quantitative estimate of drug-likeness (QED) is 0.843. The van der Waals surface area contributed by atoms with E-state index in [1.54, 1.807) is 13.0 Å². The van der Waals surface area contributed by atoms with E-state index in [4.69, 9.17) is 4.74 Å². The maximum atomic E-state index is 13.7. The molecule has 0 radical (unpaired) electrons. The minimum Gasteiger partial charge on any atom is -0.481 e. The Hall–Kier alpha value is -1.88. The van der Waals surface area contributed by atoms with Gasteiger partial charge in [0, 0.05) is 4.47 Å². The standard InChI is InChI=1S/C17H17BrFNO2/c1-3-12-6-4-5-7-16(12)22-11(2)17(21)20-15-9-8-13(18)10-14(15)19/h4-11H,3H2,1-2H3,(H,20,21)/t11-/m1/s1. The summed E-state index contributed by atoms with van der Waals surface area (Å²) in [5, 5.41) is 2.54. The molecule has 0 aromatic heterocycles. The molecular weight excluding hydrogens is 349 g/mol. The largest absolute Gasteiger partial charge is 0.481 e. The number of nitrogens with one attached hydrogen (secondary N) is 1. The highest BCUT2D eigenvalue weighted by Gasteiger charge is 2.17. The highest BCUT2D eigenvalue weighted by Crippen LogP contribution is 2.22. The van der Waals surface area contributed by atoms with Crippen molar-refractivity contribution in [1.29, 1.82) is 0 Å². The molecule has 0 aliphatic carbocycles. The van der Waals surface area contributed by atoms with Crippen molar-refractivity contribution < 1.29 is 13.9 Å². The van der Waals surface area contributed by atoms with E-state index in [0.29, 0.717) is 10.2 Å². The average Bonchev–Trinajstić information content (AvgIpc) is 2.50. The average molecular weight is 366 g/mol. The van der Waals surface area contributed by atoms with Crippen LogP contribution in [-0.2, 0) is 11.2 Å². The van der Waals surface area contributed by atoms with Crippen molar-refractivity contribution in [2.24, 2.45) is 0 Å². The maximum absolute atomic E-state index is 13.7. The Kier molecular flexibility index (Phi) is 5.55. The highest BCUT2D eigenvalue weighted by molar-refractivity contribution is 9.10. The van der Waals surface area contributed by atoms with Crippen molar-refractivity contribution in [1.82, 2.24) is 0 Å². The van der Waals surface area contributed by atoms with E-state index in [1.165, 1.54) is 12.1 Å². The van der Waals surface area contributed by atoms with Gasteiger partial charge in [-0.1, -0.05) is 41.1 Å². The highest BCUT2D eigenvalue weighted by atomic mass is 79.9. The number of hydrogen-bond acceptors (Lipinski definition) is 2. The van der Waals surface area contributed by atoms with Crippen molar-refractivity contribution in [3.8, 4) is 5.75 Å². The molecular formula is C17H17BrFNO2. The fourth-order valence-electron chi connectivity index (χ4n) is 1.98. The normalized spacial score (nSPS) is 11.8. The Balaban J connectivity index is 2.06. The molecule has 0 unspecified atom stereocenters. The van der Waals surface area contributed by atoms with Gasteiger partial charge in [-0.2, -0.15) is 0 Å². The lowest BCUT2D eigenvalue weighted by molar-refractivity contribution is -0.122. The third kappa shape index (κ3) is 4.07. The smallest absolute Gasteiger partial charge is 0.265 e. The predicted octanol–water partition coefficient (Wildman–Crippen LogP) is 4.56. The molecule has 0 aliphatic rings. The van der Waals surface area contributed by atoms with Crippen LogP contribution < -0.4 is 10.1 Å². The zero-order chi connectivity index (χ0) is 16.1. The lowest BCUT2D eigenvalue weighted by atomic mass is 10.1. The summed E-state index contributed by atoms with van der Waals surface area (Å²) in [6, 6.07) is 12.0.